The molecule has 1 aromatic rings. The molecule has 14 heavy (non-hydrogen) atoms. The summed E-state index contributed by atoms with van der Waals surface area (Å²) in [5.74, 6) is 0.360. The Kier molecular flexibility index (Phi) is 4.26. The summed E-state index contributed by atoms with van der Waals surface area (Å²) in [6.45, 7) is 4.99. The molecule has 0 bridgehead atoms. The number of pyridine rings is 1. The number of rotatable bonds is 5. The fraction of sp³-hybridized carbons (Fsp3) is 0.455. The van der Waals surface area contributed by atoms with Crippen LogP contribution in [-0.4, -0.2) is 17.3 Å². The van der Waals surface area contributed by atoms with E-state index in [2.05, 4.69) is 10.3 Å². The van der Waals surface area contributed by atoms with Crippen molar-refractivity contribution >= 4 is 5.78 Å². The zero-order chi connectivity index (χ0) is 10.4. The molecule has 0 aliphatic carbocycles. The van der Waals surface area contributed by atoms with Crippen LogP contribution < -0.4 is 5.32 Å². The minimum Gasteiger partial charge on any atom is -0.306 e. The number of nitrogens with zero attached hydrogens (tertiary/aromatic N) is 1. The van der Waals surface area contributed by atoms with Crippen molar-refractivity contribution in [1.82, 2.24) is 10.3 Å². The van der Waals surface area contributed by atoms with Gasteiger partial charge < -0.3 is 5.32 Å². The van der Waals surface area contributed by atoms with Crippen molar-refractivity contribution in [3.63, 3.8) is 0 Å². The molecule has 1 heterocycles. The van der Waals surface area contributed by atoms with Crippen LogP contribution in [-0.2, 0) is 11.3 Å². The average Bonchev–Trinajstić information content (AvgIpc) is 2.19. The standard InChI is InChI=1S/C11H16N2O/c1-9(2)11(14)8-13-7-10-3-5-12-6-4-10/h3-6,9,13H,7-8H2,1-2H3. The van der Waals surface area contributed by atoms with Gasteiger partial charge in [0.2, 0.25) is 0 Å². The molecule has 0 fully saturated rings. The summed E-state index contributed by atoms with van der Waals surface area (Å²) in [4.78, 5) is 15.2. The van der Waals surface area contributed by atoms with Crippen LogP contribution in [0.1, 0.15) is 19.4 Å². The number of carbonyl (C=O) groups excluding carboxylic acids is 1. The lowest BCUT2D eigenvalue weighted by atomic mass is 10.1. The van der Waals surface area contributed by atoms with Crippen LogP contribution >= 0.6 is 0 Å². The van der Waals surface area contributed by atoms with E-state index in [1.807, 2.05) is 26.0 Å². The maximum absolute atomic E-state index is 11.3. The van der Waals surface area contributed by atoms with Gasteiger partial charge in [-0.3, -0.25) is 9.78 Å². The zero-order valence-corrected chi connectivity index (χ0v) is 8.66. The van der Waals surface area contributed by atoms with Crippen LogP contribution in [0.25, 0.3) is 0 Å². The molecule has 0 aromatic carbocycles. The molecule has 0 aliphatic heterocycles. The molecule has 1 N–H and O–H groups in total. The molecule has 3 nitrogen and oxygen atoms in total. The van der Waals surface area contributed by atoms with Gasteiger partial charge in [0.15, 0.2) is 0 Å². The van der Waals surface area contributed by atoms with Crippen LogP contribution in [0, 0.1) is 5.92 Å². The monoisotopic (exact) mass is 192 g/mol. The average molecular weight is 192 g/mol. The predicted molar refractivity (Wildman–Crippen MR) is 55.8 cm³/mol. The first kappa shape index (κ1) is 10.9. The number of hydrogen-bond donors (Lipinski definition) is 1. The van der Waals surface area contributed by atoms with Gasteiger partial charge in [-0.05, 0) is 17.7 Å². The lowest BCUT2D eigenvalue weighted by Crippen LogP contribution is -2.25. The number of Topliss-reactive ketones (excluding diaryl/α,β-unsaturated/α-hetero) is 1. The topological polar surface area (TPSA) is 42.0 Å². The van der Waals surface area contributed by atoms with E-state index in [4.69, 9.17) is 0 Å². The van der Waals surface area contributed by atoms with Crippen molar-refractivity contribution in [3.05, 3.63) is 30.1 Å². The van der Waals surface area contributed by atoms with Crippen molar-refractivity contribution in [2.75, 3.05) is 6.54 Å². The molecular weight excluding hydrogens is 176 g/mol. The molecule has 0 aliphatic rings. The van der Waals surface area contributed by atoms with Crippen LogP contribution in [0.2, 0.25) is 0 Å². The van der Waals surface area contributed by atoms with Gasteiger partial charge in [-0.15, -0.1) is 0 Å². The van der Waals surface area contributed by atoms with Crippen LogP contribution in [0.3, 0.4) is 0 Å². The van der Waals surface area contributed by atoms with Gasteiger partial charge >= 0.3 is 0 Å². The summed E-state index contributed by atoms with van der Waals surface area (Å²) in [5, 5.41) is 3.11. The van der Waals surface area contributed by atoms with Gasteiger partial charge in [-0.2, -0.15) is 0 Å². The number of ketones is 1. The number of nitrogens with one attached hydrogen (secondary N) is 1. The van der Waals surface area contributed by atoms with E-state index in [-0.39, 0.29) is 11.7 Å². The maximum Gasteiger partial charge on any atom is 0.149 e. The highest BCUT2D eigenvalue weighted by molar-refractivity contribution is 5.82. The van der Waals surface area contributed by atoms with E-state index in [9.17, 15) is 4.79 Å². The Morgan fingerprint density at radius 3 is 2.64 bits per heavy atom. The third-order valence-corrected chi connectivity index (χ3v) is 2.02. The van der Waals surface area contributed by atoms with Crippen molar-refractivity contribution in [2.24, 2.45) is 5.92 Å². The Balaban J connectivity index is 2.26. The largest absolute Gasteiger partial charge is 0.306 e. The first-order chi connectivity index (χ1) is 6.70. The highest BCUT2D eigenvalue weighted by atomic mass is 16.1. The van der Waals surface area contributed by atoms with E-state index in [1.165, 1.54) is 0 Å². The highest BCUT2D eigenvalue weighted by Gasteiger charge is 2.05. The second-order valence-electron chi connectivity index (χ2n) is 3.58. The van der Waals surface area contributed by atoms with E-state index in [1.54, 1.807) is 12.4 Å². The minimum absolute atomic E-state index is 0.111. The zero-order valence-electron chi connectivity index (χ0n) is 8.66. The fourth-order valence-corrected chi connectivity index (χ4v) is 1.03. The van der Waals surface area contributed by atoms with Gasteiger partial charge in [0.05, 0.1) is 6.54 Å². The fourth-order valence-electron chi connectivity index (χ4n) is 1.03. The summed E-state index contributed by atoms with van der Waals surface area (Å²) < 4.78 is 0. The van der Waals surface area contributed by atoms with Crippen LogP contribution in [0.15, 0.2) is 24.5 Å². The molecule has 1 aromatic heterocycles. The van der Waals surface area contributed by atoms with E-state index >= 15 is 0 Å². The quantitative estimate of drug-likeness (QED) is 0.766. The lowest BCUT2D eigenvalue weighted by Gasteiger charge is -2.05. The van der Waals surface area contributed by atoms with Gasteiger partial charge in [0, 0.05) is 24.9 Å². The number of aromatic nitrogens is 1. The molecule has 0 amide bonds. The molecular formula is C11H16N2O. The van der Waals surface area contributed by atoms with Gasteiger partial charge in [-0.1, -0.05) is 13.8 Å². The molecule has 0 saturated carbocycles. The summed E-state index contributed by atoms with van der Waals surface area (Å²) in [5.41, 5.74) is 1.15. The maximum atomic E-state index is 11.3. The first-order valence-electron chi connectivity index (χ1n) is 4.82. The van der Waals surface area contributed by atoms with E-state index in [0.29, 0.717) is 6.54 Å². The number of hydrogen-bond acceptors (Lipinski definition) is 3. The van der Waals surface area contributed by atoms with Crippen molar-refractivity contribution < 1.29 is 4.79 Å². The van der Waals surface area contributed by atoms with Crippen LogP contribution in [0.4, 0.5) is 0 Å². The van der Waals surface area contributed by atoms with Gasteiger partial charge in [0.1, 0.15) is 5.78 Å². The Labute approximate surface area is 84.6 Å². The summed E-state index contributed by atoms with van der Waals surface area (Å²) in [7, 11) is 0. The van der Waals surface area contributed by atoms with Crippen LogP contribution in [0.5, 0.6) is 0 Å². The molecule has 0 spiro atoms. The van der Waals surface area contributed by atoms with E-state index in [0.717, 1.165) is 12.1 Å². The molecule has 0 atom stereocenters. The predicted octanol–water partition coefficient (Wildman–Crippen LogP) is 1.40. The highest BCUT2D eigenvalue weighted by Crippen LogP contribution is 1.96. The Morgan fingerprint density at radius 1 is 1.43 bits per heavy atom. The molecule has 3 heteroatoms. The van der Waals surface area contributed by atoms with Crippen molar-refractivity contribution in [2.45, 2.75) is 20.4 Å². The SMILES string of the molecule is CC(C)C(=O)CNCc1ccncc1. The number of carbonyl (C=O) groups is 1. The van der Waals surface area contributed by atoms with Gasteiger partial charge in [-0.25, -0.2) is 0 Å². The Morgan fingerprint density at radius 2 is 2.07 bits per heavy atom. The Bertz CT molecular complexity index is 283. The van der Waals surface area contributed by atoms with Crippen molar-refractivity contribution in [1.29, 1.82) is 0 Å². The molecule has 1 rings (SSSR count). The smallest absolute Gasteiger partial charge is 0.149 e. The second kappa shape index (κ2) is 5.50. The molecule has 76 valence electrons. The lowest BCUT2D eigenvalue weighted by molar-refractivity contribution is -0.121. The first-order valence-corrected chi connectivity index (χ1v) is 4.82. The second-order valence-corrected chi connectivity index (χ2v) is 3.58. The van der Waals surface area contributed by atoms with Crippen molar-refractivity contribution in [3.8, 4) is 0 Å². The minimum atomic E-state index is 0.111. The molecule has 0 radical (unpaired) electrons. The summed E-state index contributed by atoms with van der Waals surface area (Å²) >= 11 is 0. The Hall–Kier alpha value is -1.22. The molecule has 0 saturated heterocycles. The third kappa shape index (κ3) is 3.66. The van der Waals surface area contributed by atoms with E-state index < -0.39 is 0 Å². The summed E-state index contributed by atoms with van der Waals surface area (Å²) in [6.07, 6.45) is 3.50. The van der Waals surface area contributed by atoms with Gasteiger partial charge in [0.25, 0.3) is 0 Å². The summed E-state index contributed by atoms with van der Waals surface area (Å²) in [6, 6.07) is 3.87. The third-order valence-electron chi connectivity index (χ3n) is 2.02. The molecule has 0 unspecified atom stereocenters. The normalized spacial score (nSPS) is 10.5.